The standard InChI is InChI=1S/C17H23N3O2/c1-12-7-9-19(10-8-12)13(2)11-20-16(21)14-5-3-4-6-15(14)18-17(20)22/h3-6,12-13H,7-11H2,1-2H3,(H,18,22). The first-order valence-corrected chi connectivity index (χ1v) is 8.02. The van der Waals surface area contributed by atoms with Crippen LogP contribution in [0.1, 0.15) is 26.7 Å². The minimum Gasteiger partial charge on any atom is -0.307 e. The lowest BCUT2D eigenvalue weighted by atomic mass is 9.98. The van der Waals surface area contributed by atoms with E-state index >= 15 is 0 Å². The van der Waals surface area contributed by atoms with Gasteiger partial charge in [-0.2, -0.15) is 0 Å². The highest BCUT2D eigenvalue weighted by Crippen LogP contribution is 2.18. The minimum atomic E-state index is -0.319. The molecule has 1 fully saturated rings. The number of piperidine rings is 1. The van der Waals surface area contributed by atoms with E-state index in [1.807, 2.05) is 12.1 Å². The fourth-order valence-electron chi connectivity index (χ4n) is 3.21. The highest BCUT2D eigenvalue weighted by molar-refractivity contribution is 5.76. The molecule has 1 N–H and O–H groups in total. The Hall–Kier alpha value is -1.88. The highest BCUT2D eigenvalue weighted by atomic mass is 16.2. The predicted molar refractivity (Wildman–Crippen MR) is 88.3 cm³/mol. The zero-order valence-corrected chi connectivity index (χ0v) is 13.2. The van der Waals surface area contributed by atoms with Crippen LogP contribution in [0.3, 0.4) is 0 Å². The maximum absolute atomic E-state index is 12.5. The minimum absolute atomic E-state index is 0.187. The van der Waals surface area contributed by atoms with E-state index in [4.69, 9.17) is 0 Å². The van der Waals surface area contributed by atoms with Crippen molar-refractivity contribution >= 4 is 10.9 Å². The Morgan fingerprint density at radius 1 is 1.23 bits per heavy atom. The van der Waals surface area contributed by atoms with E-state index < -0.39 is 0 Å². The van der Waals surface area contributed by atoms with Crippen molar-refractivity contribution in [1.29, 1.82) is 0 Å². The van der Waals surface area contributed by atoms with Crippen molar-refractivity contribution in [3.8, 4) is 0 Å². The number of aromatic amines is 1. The third-order valence-corrected chi connectivity index (χ3v) is 4.78. The van der Waals surface area contributed by atoms with E-state index in [0.717, 1.165) is 19.0 Å². The summed E-state index contributed by atoms with van der Waals surface area (Å²) in [7, 11) is 0. The second kappa shape index (κ2) is 6.08. The smallest absolute Gasteiger partial charge is 0.307 e. The maximum atomic E-state index is 12.5. The van der Waals surface area contributed by atoms with Crippen LogP contribution in [0.25, 0.3) is 10.9 Å². The molecule has 5 heteroatoms. The summed E-state index contributed by atoms with van der Waals surface area (Å²) in [6.07, 6.45) is 2.38. The van der Waals surface area contributed by atoms with E-state index in [-0.39, 0.29) is 17.3 Å². The van der Waals surface area contributed by atoms with Gasteiger partial charge in [-0.3, -0.25) is 14.3 Å². The third kappa shape index (κ3) is 2.86. The number of H-pyrrole nitrogens is 1. The molecule has 3 rings (SSSR count). The molecule has 0 aliphatic carbocycles. The number of aromatic nitrogens is 2. The lowest BCUT2D eigenvalue weighted by Gasteiger charge is -2.35. The molecular formula is C17H23N3O2. The zero-order chi connectivity index (χ0) is 15.7. The van der Waals surface area contributed by atoms with Gasteiger partial charge in [0, 0.05) is 12.6 Å². The second-order valence-corrected chi connectivity index (χ2v) is 6.46. The molecular weight excluding hydrogens is 278 g/mol. The van der Waals surface area contributed by atoms with E-state index in [1.165, 1.54) is 17.4 Å². The number of nitrogens with one attached hydrogen (secondary N) is 1. The van der Waals surface area contributed by atoms with E-state index in [2.05, 4.69) is 23.7 Å². The van der Waals surface area contributed by atoms with E-state index in [0.29, 0.717) is 17.4 Å². The van der Waals surface area contributed by atoms with Gasteiger partial charge in [0.25, 0.3) is 5.56 Å². The lowest BCUT2D eigenvalue weighted by molar-refractivity contribution is 0.134. The van der Waals surface area contributed by atoms with Gasteiger partial charge in [0.2, 0.25) is 0 Å². The molecule has 2 aromatic rings. The Labute approximate surface area is 129 Å². The van der Waals surface area contributed by atoms with Crippen LogP contribution in [0.4, 0.5) is 0 Å². The summed E-state index contributed by atoms with van der Waals surface area (Å²) >= 11 is 0. The van der Waals surface area contributed by atoms with Gasteiger partial charge in [-0.1, -0.05) is 19.1 Å². The fourth-order valence-corrected chi connectivity index (χ4v) is 3.21. The molecule has 0 bridgehead atoms. The highest BCUT2D eigenvalue weighted by Gasteiger charge is 2.21. The number of hydrogen-bond donors (Lipinski definition) is 1. The van der Waals surface area contributed by atoms with Gasteiger partial charge in [0.05, 0.1) is 10.9 Å². The number of para-hydroxylation sites is 1. The van der Waals surface area contributed by atoms with Crippen LogP contribution in [-0.4, -0.2) is 33.6 Å². The van der Waals surface area contributed by atoms with Gasteiger partial charge in [-0.05, 0) is 50.9 Å². The van der Waals surface area contributed by atoms with Crippen molar-refractivity contribution in [2.75, 3.05) is 13.1 Å². The predicted octanol–water partition coefficient (Wildman–Crippen LogP) is 1.81. The molecule has 1 saturated heterocycles. The van der Waals surface area contributed by atoms with Gasteiger partial charge in [-0.15, -0.1) is 0 Å². The van der Waals surface area contributed by atoms with Crippen molar-refractivity contribution < 1.29 is 0 Å². The van der Waals surface area contributed by atoms with Crippen LogP contribution in [-0.2, 0) is 6.54 Å². The molecule has 1 atom stereocenters. The number of fused-ring (bicyclic) bond motifs is 1. The van der Waals surface area contributed by atoms with Gasteiger partial charge in [0.1, 0.15) is 0 Å². The summed E-state index contributed by atoms with van der Waals surface area (Å²) in [6, 6.07) is 7.35. The SMILES string of the molecule is CC1CCN(C(C)Cn2c(=O)[nH]c3ccccc3c2=O)CC1. The number of rotatable bonds is 3. The molecule has 118 valence electrons. The molecule has 0 radical (unpaired) electrons. The number of benzene rings is 1. The molecule has 1 aromatic heterocycles. The van der Waals surface area contributed by atoms with Crippen molar-refractivity contribution in [2.24, 2.45) is 5.92 Å². The molecule has 1 aliphatic heterocycles. The molecule has 1 aromatic carbocycles. The second-order valence-electron chi connectivity index (χ2n) is 6.46. The van der Waals surface area contributed by atoms with Gasteiger partial charge >= 0.3 is 5.69 Å². The van der Waals surface area contributed by atoms with Crippen molar-refractivity contribution in [2.45, 2.75) is 39.3 Å². The van der Waals surface area contributed by atoms with Crippen LogP contribution < -0.4 is 11.2 Å². The van der Waals surface area contributed by atoms with Crippen LogP contribution in [0.15, 0.2) is 33.9 Å². The van der Waals surface area contributed by atoms with Crippen molar-refractivity contribution in [1.82, 2.24) is 14.5 Å². The Bertz CT molecular complexity index is 769. The first kappa shape index (κ1) is 15.0. The van der Waals surface area contributed by atoms with Crippen LogP contribution in [0, 0.1) is 5.92 Å². The molecule has 22 heavy (non-hydrogen) atoms. The van der Waals surface area contributed by atoms with Crippen LogP contribution in [0.5, 0.6) is 0 Å². The van der Waals surface area contributed by atoms with Crippen molar-refractivity contribution in [3.63, 3.8) is 0 Å². The zero-order valence-electron chi connectivity index (χ0n) is 13.2. The van der Waals surface area contributed by atoms with Gasteiger partial charge in [0.15, 0.2) is 0 Å². The number of nitrogens with zero attached hydrogens (tertiary/aromatic N) is 2. The maximum Gasteiger partial charge on any atom is 0.328 e. The molecule has 2 heterocycles. The third-order valence-electron chi connectivity index (χ3n) is 4.78. The number of hydrogen-bond acceptors (Lipinski definition) is 3. The Balaban J connectivity index is 1.87. The molecule has 1 aliphatic rings. The van der Waals surface area contributed by atoms with Crippen LogP contribution >= 0.6 is 0 Å². The summed E-state index contributed by atoms with van der Waals surface area (Å²) < 4.78 is 1.34. The molecule has 0 amide bonds. The summed E-state index contributed by atoms with van der Waals surface area (Å²) in [5, 5.41) is 0.571. The lowest BCUT2D eigenvalue weighted by Crippen LogP contribution is -2.46. The quantitative estimate of drug-likeness (QED) is 0.940. The first-order chi connectivity index (χ1) is 10.6. The molecule has 1 unspecified atom stereocenters. The fraction of sp³-hybridized carbons (Fsp3) is 0.529. The molecule has 0 spiro atoms. The summed E-state index contributed by atoms with van der Waals surface area (Å²) in [5.41, 5.74) is 0.0886. The first-order valence-electron chi connectivity index (χ1n) is 8.02. The van der Waals surface area contributed by atoms with Crippen LogP contribution in [0.2, 0.25) is 0 Å². The summed E-state index contributed by atoms with van der Waals surface area (Å²) in [4.78, 5) is 29.9. The Morgan fingerprint density at radius 3 is 2.64 bits per heavy atom. The normalized spacial score (nSPS) is 18.6. The summed E-state index contributed by atoms with van der Waals surface area (Å²) in [5.74, 6) is 0.773. The van der Waals surface area contributed by atoms with Gasteiger partial charge < -0.3 is 4.98 Å². The van der Waals surface area contributed by atoms with E-state index in [9.17, 15) is 9.59 Å². The van der Waals surface area contributed by atoms with E-state index in [1.54, 1.807) is 12.1 Å². The topological polar surface area (TPSA) is 58.1 Å². The number of likely N-dealkylation sites (tertiary alicyclic amines) is 1. The van der Waals surface area contributed by atoms with Crippen molar-refractivity contribution in [3.05, 3.63) is 45.1 Å². The monoisotopic (exact) mass is 301 g/mol. The largest absolute Gasteiger partial charge is 0.328 e. The Kier molecular flexibility index (Phi) is 4.16. The van der Waals surface area contributed by atoms with Gasteiger partial charge in [-0.25, -0.2) is 4.79 Å². The molecule has 0 saturated carbocycles. The Morgan fingerprint density at radius 2 is 1.91 bits per heavy atom. The molecule has 5 nitrogen and oxygen atoms in total. The summed E-state index contributed by atoms with van der Waals surface area (Å²) in [6.45, 7) is 6.90. The average Bonchev–Trinajstić information content (AvgIpc) is 2.52. The average molecular weight is 301 g/mol.